The molecule has 1 aliphatic rings. The van der Waals surface area contributed by atoms with Crippen molar-refractivity contribution in [1.29, 1.82) is 0 Å². The highest BCUT2D eigenvalue weighted by molar-refractivity contribution is 6.04. The number of amides is 3. The molecule has 3 rings (SSSR count). The quantitative estimate of drug-likeness (QED) is 0.814. The van der Waals surface area contributed by atoms with Crippen molar-refractivity contribution in [2.24, 2.45) is 0 Å². The Bertz CT molecular complexity index is 879. The van der Waals surface area contributed by atoms with Gasteiger partial charge in [0.25, 0.3) is 5.91 Å². The molecule has 0 bridgehead atoms. The number of methoxy groups -OCH3 is 1. The Balaban J connectivity index is 1.77. The van der Waals surface area contributed by atoms with E-state index in [1.54, 1.807) is 26.2 Å². The summed E-state index contributed by atoms with van der Waals surface area (Å²) < 4.78 is 5.22. The molecule has 0 aliphatic carbocycles. The molecule has 7 heteroatoms. The van der Waals surface area contributed by atoms with E-state index in [9.17, 15) is 14.4 Å². The molecule has 1 fully saturated rings. The third-order valence-corrected chi connectivity index (χ3v) is 4.24. The lowest BCUT2D eigenvalue weighted by Crippen LogP contribution is -2.52. The summed E-state index contributed by atoms with van der Waals surface area (Å²) in [5.41, 5.74) is 2.54. The van der Waals surface area contributed by atoms with Gasteiger partial charge in [0.1, 0.15) is 11.8 Å². The average molecular weight is 353 g/mol. The summed E-state index contributed by atoms with van der Waals surface area (Å²) in [6.45, 7) is 1.74. The predicted molar refractivity (Wildman–Crippen MR) is 94.6 cm³/mol. The van der Waals surface area contributed by atoms with Gasteiger partial charge in [-0.1, -0.05) is 12.1 Å². The highest BCUT2D eigenvalue weighted by Gasteiger charge is 2.28. The van der Waals surface area contributed by atoms with Crippen LogP contribution in [0.1, 0.15) is 28.9 Å². The fourth-order valence-corrected chi connectivity index (χ4v) is 2.81. The van der Waals surface area contributed by atoms with Crippen molar-refractivity contribution >= 4 is 17.7 Å². The number of carbonyl (C=O) groups is 3. The van der Waals surface area contributed by atoms with Gasteiger partial charge in [-0.3, -0.25) is 24.7 Å². The van der Waals surface area contributed by atoms with Crippen LogP contribution in [0.15, 0.2) is 36.4 Å². The molecule has 134 valence electrons. The molecule has 1 aliphatic heterocycles. The van der Waals surface area contributed by atoms with Gasteiger partial charge in [0, 0.05) is 12.0 Å². The van der Waals surface area contributed by atoms with Crippen molar-refractivity contribution in [3.8, 4) is 17.0 Å². The Morgan fingerprint density at radius 2 is 2.08 bits per heavy atom. The summed E-state index contributed by atoms with van der Waals surface area (Å²) in [5, 5.41) is 4.88. The van der Waals surface area contributed by atoms with Gasteiger partial charge in [-0.15, -0.1) is 0 Å². The molecule has 3 amide bonds. The van der Waals surface area contributed by atoms with Crippen LogP contribution in [0.4, 0.5) is 0 Å². The molecule has 0 saturated carbocycles. The summed E-state index contributed by atoms with van der Waals surface area (Å²) in [6, 6.07) is 10.2. The Labute approximate surface area is 150 Å². The van der Waals surface area contributed by atoms with E-state index < -0.39 is 11.9 Å². The molecule has 2 aromatic rings. The van der Waals surface area contributed by atoms with Gasteiger partial charge in [-0.05, 0) is 37.6 Å². The van der Waals surface area contributed by atoms with Gasteiger partial charge in [-0.2, -0.15) is 0 Å². The lowest BCUT2D eigenvalue weighted by atomic mass is 10.0. The Morgan fingerprint density at radius 1 is 1.27 bits per heavy atom. The molecule has 1 aromatic carbocycles. The number of aryl methyl sites for hydroxylation is 1. The number of ether oxygens (including phenoxy) is 1. The maximum Gasteiger partial charge on any atom is 0.253 e. The first-order valence-corrected chi connectivity index (χ1v) is 8.24. The highest BCUT2D eigenvalue weighted by Crippen LogP contribution is 2.23. The van der Waals surface area contributed by atoms with E-state index in [0.29, 0.717) is 17.7 Å². The maximum absolute atomic E-state index is 12.5. The van der Waals surface area contributed by atoms with E-state index in [0.717, 1.165) is 17.0 Å². The first-order chi connectivity index (χ1) is 12.5. The molecule has 1 aromatic heterocycles. The van der Waals surface area contributed by atoms with Crippen molar-refractivity contribution in [3.05, 3.63) is 47.7 Å². The van der Waals surface area contributed by atoms with Crippen molar-refractivity contribution in [2.75, 3.05) is 7.11 Å². The number of pyridine rings is 1. The number of rotatable bonds is 4. The lowest BCUT2D eigenvalue weighted by molar-refractivity contribution is -0.134. The molecule has 0 radical (unpaired) electrons. The number of imide groups is 1. The van der Waals surface area contributed by atoms with Gasteiger partial charge in [0.2, 0.25) is 11.8 Å². The number of nitrogens with zero attached hydrogens (tertiary/aromatic N) is 1. The van der Waals surface area contributed by atoms with Crippen LogP contribution < -0.4 is 15.4 Å². The SMILES string of the molecule is COc1cccc(-c2ccc(C(=O)NC3CCC(=O)NC3=O)c(C)n2)c1. The van der Waals surface area contributed by atoms with Gasteiger partial charge in [0.05, 0.1) is 24.1 Å². The number of aromatic nitrogens is 1. The van der Waals surface area contributed by atoms with Crippen molar-refractivity contribution in [3.63, 3.8) is 0 Å². The summed E-state index contributed by atoms with van der Waals surface area (Å²) in [6.07, 6.45) is 0.507. The molecule has 1 saturated heterocycles. The van der Waals surface area contributed by atoms with Crippen LogP contribution in [0.3, 0.4) is 0 Å². The first kappa shape index (κ1) is 17.6. The summed E-state index contributed by atoms with van der Waals surface area (Å²) in [4.78, 5) is 39.9. The van der Waals surface area contributed by atoms with E-state index in [2.05, 4.69) is 15.6 Å². The van der Waals surface area contributed by atoms with Crippen LogP contribution in [0, 0.1) is 6.92 Å². The number of hydrogen-bond donors (Lipinski definition) is 2. The molecule has 0 spiro atoms. The van der Waals surface area contributed by atoms with Crippen LogP contribution in [0.25, 0.3) is 11.3 Å². The van der Waals surface area contributed by atoms with Crippen LogP contribution in [-0.4, -0.2) is 35.9 Å². The number of piperidine rings is 1. The number of hydrogen-bond acceptors (Lipinski definition) is 5. The Hall–Kier alpha value is -3.22. The van der Waals surface area contributed by atoms with Crippen LogP contribution in [0.5, 0.6) is 5.75 Å². The zero-order valence-electron chi connectivity index (χ0n) is 14.5. The largest absolute Gasteiger partial charge is 0.497 e. The molecule has 7 nitrogen and oxygen atoms in total. The fourth-order valence-electron chi connectivity index (χ4n) is 2.81. The van der Waals surface area contributed by atoms with Gasteiger partial charge in [-0.25, -0.2) is 0 Å². The van der Waals surface area contributed by atoms with Crippen molar-refractivity contribution in [1.82, 2.24) is 15.6 Å². The van der Waals surface area contributed by atoms with E-state index >= 15 is 0 Å². The molecule has 26 heavy (non-hydrogen) atoms. The predicted octanol–water partition coefficient (Wildman–Crippen LogP) is 1.60. The van der Waals surface area contributed by atoms with Crippen LogP contribution >= 0.6 is 0 Å². The second-order valence-electron chi connectivity index (χ2n) is 6.04. The van der Waals surface area contributed by atoms with Gasteiger partial charge in [0.15, 0.2) is 0 Å². The highest BCUT2D eigenvalue weighted by atomic mass is 16.5. The zero-order valence-corrected chi connectivity index (χ0v) is 14.5. The minimum Gasteiger partial charge on any atom is -0.497 e. The van der Waals surface area contributed by atoms with E-state index in [1.165, 1.54) is 0 Å². The van der Waals surface area contributed by atoms with Crippen molar-refractivity contribution in [2.45, 2.75) is 25.8 Å². The maximum atomic E-state index is 12.5. The Morgan fingerprint density at radius 3 is 2.77 bits per heavy atom. The molecule has 1 unspecified atom stereocenters. The molecular formula is C19H19N3O4. The molecular weight excluding hydrogens is 334 g/mol. The average Bonchev–Trinajstić information content (AvgIpc) is 2.64. The van der Waals surface area contributed by atoms with Crippen LogP contribution in [0.2, 0.25) is 0 Å². The smallest absolute Gasteiger partial charge is 0.253 e. The number of benzene rings is 1. The topological polar surface area (TPSA) is 97.4 Å². The monoisotopic (exact) mass is 353 g/mol. The summed E-state index contributed by atoms with van der Waals surface area (Å²) in [7, 11) is 1.60. The summed E-state index contributed by atoms with van der Waals surface area (Å²) >= 11 is 0. The van der Waals surface area contributed by atoms with Gasteiger partial charge >= 0.3 is 0 Å². The number of nitrogens with one attached hydrogen (secondary N) is 2. The minimum atomic E-state index is -0.710. The van der Waals surface area contributed by atoms with E-state index in [4.69, 9.17) is 4.74 Å². The summed E-state index contributed by atoms with van der Waals surface area (Å²) in [5.74, 6) is -0.461. The molecule has 2 heterocycles. The lowest BCUT2D eigenvalue weighted by Gasteiger charge is -2.22. The third-order valence-electron chi connectivity index (χ3n) is 4.24. The van der Waals surface area contributed by atoms with Gasteiger partial charge < -0.3 is 10.1 Å². The second-order valence-corrected chi connectivity index (χ2v) is 6.04. The zero-order chi connectivity index (χ0) is 18.7. The second kappa shape index (κ2) is 7.35. The Kier molecular flexibility index (Phi) is 4.97. The normalized spacial score (nSPS) is 16.8. The van der Waals surface area contributed by atoms with E-state index in [1.807, 2.05) is 24.3 Å². The van der Waals surface area contributed by atoms with Crippen LogP contribution in [-0.2, 0) is 9.59 Å². The third kappa shape index (κ3) is 3.72. The van der Waals surface area contributed by atoms with Crippen molar-refractivity contribution < 1.29 is 19.1 Å². The standard InChI is InChI=1S/C19H19N3O4/c1-11-14(18(24)21-16-8-9-17(23)22-19(16)25)6-7-15(20-11)12-4-3-5-13(10-12)26-2/h3-7,10,16H,8-9H2,1-2H3,(H,21,24)(H,22,23,25). The first-order valence-electron chi connectivity index (χ1n) is 8.24. The molecule has 2 N–H and O–H groups in total. The number of carbonyl (C=O) groups excluding carboxylic acids is 3. The minimum absolute atomic E-state index is 0.211. The van der Waals surface area contributed by atoms with E-state index in [-0.39, 0.29) is 18.2 Å². The molecule has 1 atom stereocenters. The fraction of sp³-hybridized carbons (Fsp3) is 0.263.